The molecule has 0 radical (unpaired) electrons. The Kier molecular flexibility index (Phi) is 4.40. The van der Waals surface area contributed by atoms with Crippen LogP contribution in [0.3, 0.4) is 0 Å². The predicted molar refractivity (Wildman–Crippen MR) is 88.1 cm³/mol. The van der Waals surface area contributed by atoms with E-state index in [0.717, 1.165) is 0 Å². The van der Waals surface area contributed by atoms with Crippen LogP contribution in [0.15, 0.2) is 54.6 Å². The summed E-state index contributed by atoms with van der Waals surface area (Å²) < 4.78 is 49.8. The van der Waals surface area contributed by atoms with E-state index in [-0.39, 0.29) is 12.4 Å². The molecule has 3 rings (SSSR count). The SMILES string of the molecule is COc1ccc([C@]2(/C=C/c3ccccc3F)COS(=O)(=O)N2)cc1. The Hall–Kier alpha value is -2.22. The molecule has 24 heavy (non-hydrogen) atoms. The third-order valence-electron chi connectivity index (χ3n) is 3.81. The minimum atomic E-state index is -3.86. The normalized spacial score (nSPS) is 22.8. The molecule has 7 heteroatoms. The standard InChI is InChI=1S/C17H16FNO4S/c1-22-15-8-6-14(7-9-15)17(12-23-24(20,21)19-17)11-10-13-4-2-3-5-16(13)18/h2-11,19H,12H2,1H3/b11-10+/t17-/m0/s1. The Bertz CT molecular complexity index is 864. The summed E-state index contributed by atoms with van der Waals surface area (Å²) in [6, 6.07) is 13.2. The van der Waals surface area contributed by atoms with Gasteiger partial charge in [0.1, 0.15) is 17.1 Å². The topological polar surface area (TPSA) is 64.6 Å². The van der Waals surface area contributed by atoms with Crippen molar-refractivity contribution >= 4 is 16.4 Å². The lowest BCUT2D eigenvalue weighted by Crippen LogP contribution is -2.38. The Morgan fingerprint density at radius 1 is 1.21 bits per heavy atom. The lowest BCUT2D eigenvalue weighted by molar-refractivity contribution is 0.306. The van der Waals surface area contributed by atoms with Gasteiger partial charge in [0.2, 0.25) is 0 Å². The number of halogens is 1. The van der Waals surface area contributed by atoms with E-state index in [0.29, 0.717) is 16.9 Å². The molecule has 0 saturated carbocycles. The molecule has 0 bridgehead atoms. The fourth-order valence-corrected chi connectivity index (χ4v) is 3.59. The quantitative estimate of drug-likeness (QED) is 0.922. The zero-order valence-electron chi connectivity index (χ0n) is 12.9. The van der Waals surface area contributed by atoms with Gasteiger partial charge in [-0.15, -0.1) is 0 Å². The number of hydrogen-bond donors (Lipinski definition) is 1. The molecule has 2 aromatic rings. The molecular weight excluding hydrogens is 333 g/mol. The van der Waals surface area contributed by atoms with Crippen molar-refractivity contribution in [2.45, 2.75) is 5.54 Å². The van der Waals surface area contributed by atoms with Crippen molar-refractivity contribution in [1.29, 1.82) is 0 Å². The van der Waals surface area contributed by atoms with Gasteiger partial charge in [-0.05, 0) is 23.8 Å². The lowest BCUT2D eigenvalue weighted by Gasteiger charge is -2.23. The Balaban J connectivity index is 2.02. The molecule has 0 aromatic heterocycles. The van der Waals surface area contributed by atoms with Crippen LogP contribution in [0.1, 0.15) is 11.1 Å². The molecular formula is C17H16FNO4S. The van der Waals surface area contributed by atoms with E-state index >= 15 is 0 Å². The van der Waals surface area contributed by atoms with Crippen LogP contribution in [-0.4, -0.2) is 22.1 Å². The van der Waals surface area contributed by atoms with Gasteiger partial charge in [-0.2, -0.15) is 13.1 Å². The van der Waals surface area contributed by atoms with Crippen molar-refractivity contribution in [1.82, 2.24) is 4.72 Å². The van der Waals surface area contributed by atoms with Gasteiger partial charge in [0.15, 0.2) is 0 Å². The highest BCUT2D eigenvalue weighted by Gasteiger charge is 2.42. The molecule has 1 atom stereocenters. The Labute approximate surface area is 140 Å². The second-order valence-electron chi connectivity index (χ2n) is 5.37. The molecule has 126 valence electrons. The number of methoxy groups -OCH3 is 1. The van der Waals surface area contributed by atoms with Gasteiger partial charge in [-0.25, -0.2) is 4.39 Å². The van der Waals surface area contributed by atoms with Crippen LogP contribution in [0, 0.1) is 5.82 Å². The molecule has 0 unspecified atom stereocenters. The van der Waals surface area contributed by atoms with E-state index in [9.17, 15) is 12.8 Å². The molecule has 0 aliphatic carbocycles. The molecule has 1 aliphatic rings. The van der Waals surface area contributed by atoms with Gasteiger partial charge in [0.25, 0.3) is 0 Å². The van der Waals surface area contributed by atoms with Crippen molar-refractivity contribution in [3.63, 3.8) is 0 Å². The predicted octanol–water partition coefficient (Wildman–Crippen LogP) is 2.61. The zero-order chi connectivity index (χ0) is 17.2. The molecule has 5 nitrogen and oxygen atoms in total. The van der Waals surface area contributed by atoms with Crippen LogP contribution in [-0.2, 0) is 20.0 Å². The molecule has 1 saturated heterocycles. The van der Waals surface area contributed by atoms with Crippen molar-refractivity contribution in [3.8, 4) is 5.75 Å². The Morgan fingerprint density at radius 2 is 1.92 bits per heavy atom. The summed E-state index contributed by atoms with van der Waals surface area (Å²) in [6.07, 6.45) is 3.13. The number of rotatable bonds is 4. The van der Waals surface area contributed by atoms with E-state index < -0.39 is 15.8 Å². The van der Waals surface area contributed by atoms with Crippen LogP contribution in [0.25, 0.3) is 6.08 Å². The summed E-state index contributed by atoms with van der Waals surface area (Å²) in [6.45, 7) is -0.118. The second kappa shape index (κ2) is 6.35. The van der Waals surface area contributed by atoms with Crippen molar-refractivity contribution < 1.29 is 21.7 Å². The minimum Gasteiger partial charge on any atom is -0.497 e. The van der Waals surface area contributed by atoms with Gasteiger partial charge in [0.05, 0.1) is 13.7 Å². The molecule has 1 N–H and O–H groups in total. The molecule has 2 aromatic carbocycles. The third-order valence-corrected chi connectivity index (χ3v) is 4.85. The van der Waals surface area contributed by atoms with Crippen molar-refractivity contribution in [3.05, 3.63) is 71.6 Å². The average Bonchev–Trinajstić information content (AvgIpc) is 2.90. The summed E-state index contributed by atoms with van der Waals surface area (Å²) in [5.74, 6) is 0.258. The van der Waals surface area contributed by atoms with Crippen LogP contribution in [0.4, 0.5) is 4.39 Å². The van der Waals surface area contributed by atoms with Gasteiger partial charge in [-0.1, -0.05) is 42.5 Å². The van der Waals surface area contributed by atoms with Gasteiger partial charge >= 0.3 is 10.3 Å². The van der Waals surface area contributed by atoms with E-state index in [1.165, 1.54) is 12.1 Å². The maximum atomic E-state index is 13.8. The van der Waals surface area contributed by atoms with E-state index in [2.05, 4.69) is 4.72 Å². The van der Waals surface area contributed by atoms with E-state index in [1.807, 2.05) is 0 Å². The summed E-state index contributed by atoms with van der Waals surface area (Å²) in [4.78, 5) is 0. The van der Waals surface area contributed by atoms with Crippen LogP contribution >= 0.6 is 0 Å². The average molecular weight is 349 g/mol. The monoisotopic (exact) mass is 349 g/mol. The first-order chi connectivity index (χ1) is 11.4. The highest BCUT2D eigenvalue weighted by Crippen LogP contribution is 2.32. The first-order valence-electron chi connectivity index (χ1n) is 7.21. The largest absolute Gasteiger partial charge is 0.497 e. The van der Waals surface area contributed by atoms with E-state index in [1.54, 1.807) is 55.7 Å². The summed E-state index contributed by atoms with van der Waals surface area (Å²) >= 11 is 0. The van der Waals surface area contributed by atoms with Crippen LogP contribution < -0.4 is 9.46 Å². The zero-order valence-corrected chi connectivity index (χ0v) is 13.7. The molecule has 1 aliphatic heterocycles. The summed E-state index contributed by atoms with van der Waals surface area (Å²) in [5, 5.41) is 0. The lowest BCUT2D eigenvalue weighted by atomic mass is 9.90. The molecule has 0 amide bonds. The highest BCUT2D eigenvalue weighted by molar-refractivity contribution is 7.85. The third kappa shape index (κ3) is 3.33. The smallest absolute Gasteiger partial charge is 0.337 e. The first kappa shape index (κ1) is 16.6. The number of benzene rings is 2. The maximum Gasteiger partial charge on any atom is 0.337 e. The van der Waals surface area contributed by atoms with E-state index in [4.69, 9.17) is 8.92 Å². The highest BCUT2D eigenvalue weighted by atomic mass is 32.2. The first-order valence-corrected chi connectivity index (χ1v) is 8.62. The second-order valence-corrected chi connectivity index (χ2v) is 6.72. The minimum absolute atomic E-state index is 0.118. The fourth-order valence-electron chi connectivity index (χ4n) is 2.50. The summed E-state index contributed by atoms with van der Waals surface area (Å²) in [5.41, 5.74) is -0.0821. The number of nitrogens with one attached hydrogen (secondary N) is 1. The van der Waals surface area contributed by atoms with Gasteiger partial charge in [-0.3, -0.25) is 4.18 Å². The van der Waals surface area contributed by atoms with Crippen molar-refractivity contribution in [2.24, 2.45) is 0 Å². The molecule has 1 heterocycles. The number of hydrogen-bond acceptors (Lipinski definition) is 4. The van der Waals surface area contributed by atoms with Gasteiger partial charge < -0.3 is 4.74 Å². The maximum absolute atomic E-state index is 13.8. The molecule has 1 fully saturated rings. The van der Waals surface area contributed by atoms with Gasteiger partial charge in [0, 0.05) is 5.56 Å². The Morgan fingerprint density at radius 3 is 2.50 bits per heavy atom. The molecule has 0 spiro atoms. The fraction of sp³-hybridized carbons (Fsp3) is 0.176. The van der Waals surface area contributed by atoms with Crippen molar-refractivity contribution in [2.75, 3.05) is 13.7 Å². The summed E-state index contributed by atoms with van der Waals surface area (Å²) in [7, 11) is -2.31. The van der Waals surface area contributed by atoms with Crippen LogP contribution in [0.5, 0.6) is 5.75 Å². The number of ether oxygens (including phenoxy) is 1. The van der Waals surface area contributed by atoms with Crippen LogP contribution in [0.2, 0.25) is 0 Å².